The van der Waals surface area contributed by atoms with E-state index in [0.717, 1.165) is 36.8 Å². The molecule has 0 fully saturated rings. The van der Waals surface area contributed by atoms with Gasteiger partial charge in [-0.1, -0.05) is 83.4 Å². The topological polar surface area (TPSA) is 139 Å². The van der Waals surface area contributed by atoms with E-state index in [1.54, 1.807) is 32.9 Å². The fraction of sp³-hybridized carbons (Fsp3) is 0.444. The lowest BCUT2D eigenvalue weighted by Crippen LogP contribution is -2.45. The summed E-state index contributed by atoms with van der Waals surface area (Å²) in [5, 5.41) is 2.86. The number of carbonyl (C=O) groups is 4. The van der Waals surface area contributed by atoms with Crippen molar-refractivity contribution in [2.24, 2.45) is 0 Å². The molecule has 0 saturated heterocycles. The number of hydrogen-bond donors (Lipinski definition) is 3. The van der Waals surface area contributed by atoms with Gasteiger partial charge in [-0.25, -0.2) is 14.8 Å². The van der Waals surface area contributed by atoms with Gasteiger partial charge in [-0.15, -0.1) is 0 Å². The van der Waals surface area contributed by atoms with Crippen LogP contribution in [-0.2, 0) is 26.2 Å². The molecule has 0 radical (unpaired) electrons. The summed E-state index contributed by atoms with van der Waals surface area (Å²) in [5.74, 6) is -1.24. The highest BCUT2D eigenvalue weighted by Crippen LogP contribution is 2.23. The van der Waals surface area contributed by atoms with Gasteiger partial charge < -0.3 is 10.1 Å². The van der Waals surface area contributed by atoms with Gasteiger partial charge in [0.15, 0.2) is 5.82 Å². The molecule has 0 aliphatic heterocycles. The van der Waals surface area contributed by atoms with Crippen molar-refractivity contribution in [3.63, 3.8) is 0 Å². The Morgan fingerprint density at radius 2 is 1.39 bits per heavy atom. The monoisotopic (exact) mass is 629 g/mol. The lowest BCUT2D eigenvalue weighted by atomic mass is 9.86. The maximum atomic E-state index is 13.1. The molecule has 3 amide bonds. The van der Waals surface area contributed by atoms with Crippen molar-refractivity contribution in [1.29, 1.82) is 0 Å². The van der Waals surface area contributed by atoms with Crippen molar-refractivity contribution in [3.8, 4) is 11.4 Å². The van der Waals surface area contributed by atoms with Gasteiger partial charge >= 0.3 is 5.97 Å². The molecular weight excluding hydrogens is 582 g/mol. The minimum Gasteiger partial charge on any atom is -0.458 e. The summed E-state index contributed by atoms with van der Waals surface area (Å²) < 4.78 is 5.62. The number of aromatic nitrogens is 2. The highest BCUT2D eigenvalue weighted by molar-refractivity contribution is 5.97. The maximum Gasteiger partial charge on any atom is 0.329 e. The van der Waals surface area contributed by atoms with Crippen LogP contribution in [0.5, 0.6) is 0 Å². The third kappa shape index (κ3) is 11.4. The first-order valence-corrected chi connectivity index (χ1v) is 15.8. The summed E-state index contributed by atoms with van der Waals surface area (Å²) in [6.07, 6.45) is 7.25. The largest absolute Gasteiger partial charge is 0.458 e. The van der Waals surface area contributed by atoms with E-state index in [1.807, 2.05) is 36.4 Å². The number of nitrogens with zero attached hydrogens (tertiary/aromatic N) is 2. The number of unbranched alkanes of at least 4 members (excludes halogenated alkanes) is 3. The van der Waals surface area contributed by atoms with Crippen LogP contribution in [0.25, 0.3) is 11.4 Å². The van der Waals surface area contributed by atoms with E-state index in [9.17, 15) is 19.2 Å². The molecule has 0 bridgehead atoms. The Bertz CT molecular complexity index is 1470. The van der Waals surface area contributed by atoms with E-state index in [2.05, 4.69) is 53.8 Å². The average molecular weight is 630 g/mol. The van der Waals surface area contributed by atoms with Gasteiger partial charge in [0.2, 0.25) is 5.91 Å². The van der Waals surface area contributed by atoms with Crippen LogP contribution in [0, 0.1) is 0 Å². The van der Waals surface area contributed by atoms with Crippen molar-refractivity contribution in [2.75, 3.05) is 0 Å². The zero-order chi connectivity index (χ0) is 33.9. The molecule has 1 atom stereocenters. The molecular formula is C36H47N5O5. The molecule has 1 aromatic heterocycles. The molecule has 10 heteroatoms. The number of carbonyl (C=O) groups excluding carboxylic acids is 4. The molecule has 1 heterocycles. The van der Waals surface area contributed by atoms with Crippen LogP contribution in [0.15, 0.2) is 60.9 Å². The number of hydrogen-bond acceptors (Lipinski definition) is 7. The number of benzene rings is 2. The van der Waals surface area contributed by atoms with Gasteiger partial charge in [0.1, 0.15) is 11.6 Å². The highest BCUT2D eigenvalue weighted by Gasteiger charge is 2.28. The molecule has 246 valence electrons. The quantitative estimate of drug-likeness (QED) is 0.130. The van der Waals surface area contributed by atoms with Crippen LogP contribution in [-0.4, -0.2) is 45.3 Å². The standard InChI is InChI=1S/C36H47N5O5/c1-8-9-10-11-12-30(42)40-41-33(44)27-22-37-31(38-23-27)25-15-13-24(14-16-25)21-29(34(45)46-36(5,6)7)39-32(43)26-17-19-28(20-18-26)35(2,3)4/h13-20,22-23,29H,8-12,21H2,1-7H3,(H,39,43)(H,40,42)(H,41,44)/t29-/m0/s1. The van der Waals surface area contributed by atoms with Crippen molar-refractivity contribution in [3.05, 3.63) is 83.2 Å². The molecule has 10 nitrogen and oxygen atoms in total. The molecule has 0 aliphatic rings. The minimum atomic E-state index is -0.911. The SMILES string of the molecule is CCCCCCC(=O)NNC(=O)c1cnc(-c2ccc(C[C@H](NC(=O)c3ccc(C(C)(C)C)cc3)C(=O)OC(C)(C)C)cc2)nc1. The Morgan fingerprint density at radius 3 is 1.96 bits per heavy atom. The van der Waals surface area contributed by atoms with Gasteiger partial charge in [-0.2, -0.15) is 0 Å². The van der Waals surface area contributed by atoms with E-state index in [1.165, 1.54) is 12.4 Å². The Labute approximate surface area is 272 Å². The van der Waals surface area contributed by atoms with Crippen LogP contribution in [0.4, 0.5) is 0 Å². The summed E-state index contributed by atoms with van der Waals surface area (Å²) in [6.45, 7) is 13.8. The van der Waals surface area contributed by atoms with Gasteiger partial charge in [0, 0.05) is 36.4 Å². The average Bonchev–Trinajstić information content (AvgIpc) is 3.01. The fourth-order valence-electron chi connectivity index (χ4n) is 4.52. The molecule has 3 rings (SSSR count). The second kappa shape index (κ2) is 16.1. The van der Waals surface area contributed by atoms with Crippen LogP contribution in [0.1, 0.15) is 112 Å². The number of esters is 1. The van der Waals surface area contributed by atoms with Gasteiger partial charge in [-0.05, 0) is 55.9 Å². The number of ether oxygens (including phenoxy) is 1. The Morgan fingerprint density at radius 1 is 0.761 bits per heavy atom. The Kier molecular flexibility index (Phi) is 12.6. The normalized spacial score (nSPS) is 12.2. The van der Waals surface area contributed by atoms with Crippen molar-refractivity contribution < 1.29 is 23.9 Å². The molecule has 46 heavy (non-hydrogen) atoms. The molecule has 3 N–H and O–H groups in total. The van der Waals surface area contributed by atoms with Crippen molar-refractivity contribution >= 4 is 23.7 Å². The zero-order valence-corrected chi connectivity index (χ0v) is 28.0. The summed E-state index contributed by atoms with van der Waals surface area (Å²) in [4.78, 5) is 59.2. The molecule has 0 unspecified atom stereocenters. The second-order valence-electron chi connectivity index (χ2n) is 13.4. The summed E-state index contributed by atoms with van der Waals surface area (Å²) in [7, 11) is 0. The highest BCUT2D eigenvalue weighted by atomic mass is 16.6. The van der Waals surface area contributed by atoms with Gasteiger partial charge in [0.05, 0.1) is 5.56 Å². The van der Waals surface area contributed by atoms with Crippen LogP contribution >= 0.6 is 0 Å². The number of nitrogens with one attached hydrogen (secondary N) is 3. The van der Waals surface area contributed by atoms with Crippen LogP contribution in [0.3, 0.4) is 0 Å². The number of rotatable bonds is 12. The number of amides is 3. The minimum absolute atomic E-state index is 0.0476. The van der Waals surface area contributed by atoms with E-state index >= 15 is 0 Å². The molecule has 0 aliphatic carbocycles. The summed E-state index contributed by atoms with van der Waals surface area (Å²) >= 11 is 0. The predicted molar refractivity (Wildman–Crippen MR) is 178 cm³/mol. The molecule has 0 saturated carbocycles. The van der Waals surface area contributed by atoms with Gasteiger partial charge in [-0.3, -0.25) is 25.2 Å². The third-order valence-electron chi connectivity index (χ3n) is 7.15. The van der Waals surface area contributed by atoms with Crippen LogP contribution < -0.4 is 16.2 Å². The number of hydrazine groups is 1. The maximum absolute atomic E-state index is 13.1. The first-order chi connectivity index (χ1) is 21.7. The smallest absolute Gasteiger partial charge is 0.329 e. The molecule has 2 aromatic carbocycles. The van der Waals surface area contributed by atoms with E-state index in [4.69, 9.17) is 4.74 Å². The Hall–Kier alpha value is -4.60. The Balaban J connectivity index is 1.65. The van der Waals surface area contributed by atoms with E-state index in [-0.39, 0.29) is 29.2 Å². The van der Waals surface area contributed by atoms with E-state index < -0.39 is 23.5 Å². The van der Waals surface area contributed by atoms with Crippen molar-refractivity contribution in [1.82, 2.24) is 26.1 Å². The third-order valence-corrected chi connectivity index (χ3v) is 7.15. The molecule has 0 spiro atoms. The summed E-state index contributed by atoms with van der Waals surface area (Å²) in [6, 6.07) is 13.7. The van der Waals surface area contributed by atoms with E-state index in [0.29, 0.717) is 23.4 Å². The first-order valence-electron chi connectivity index (χ1n) is 15.8. The van der Waals surface area contributed by atoms with Crippen LogP contribution in [0.2, 0.25) is 0 Å². The zero-order valence-electron chi connectivity index (χ0n) is 28.0. The van der Waals surface area contributed by atoms with Crippen molar-refractivity contribution in [2.45, 2.75) is 104 Å². The summed E-state index contributed by atoms with van der Waals surface area (Å²) in [5.41, 5.74) is 7.30. The lowest BCUT2D eigenvalue weighted by Gasteiger charge is -2.25. The predicted octanol–water partition coefficient (Wildman–Crippen LogP) is 5.86. The fourth-order valence-corrected chi connectivity index (χ4v) is 4.52. The molecule has 3 aromatic rings. The lowest BCUT2D eigenvalue weighted by molar-refractivity contribution is -0.157. The first kappa shape index (κ1) is 35.9. The van der Waals surface area contributed by atoms with Gasteiger partial charge in [0.25, 0.3) is 11.8 Å². The second-order valence-corrected chi connectivity index (χ2v) is 13.4.